The number of benzene rings is 1. The summed E-state index contributed by atoms with van der Waals surface area (Å²) in [5.41, 5.74) is 5.48. The summed E-state index contributed by atoms with van der Waals surface area (Å²) in [5, 5.41) is 15.6. The number of aromatic hydroxyl groups is 1. The van der Waals surface area contributed by atoms with Gasteiger partial charge in [0, 0.05) is 11.6 Å². The summed E-state index contributed by atoms with van der Waals surface area (Å²) in [6, 6.07) is 7.00. The molecule has 6 heteroatoms. The number of fused-ring (bicyclic) bond motifs is 1. The van der Waals surface area contributed by atoms with Crippen molar-refractivity contribution >= 4 is 10.8 Å². The molecule has 0 atom stereocenters. The number of nitrogens with two attached hydrogens (primary N) is 1. The molecular formula is C12H11N5O. The van der Waals surface area contributed by atoms with Crippen LogP contribution in [0.3, 0.4) is 0 Å². The second kappa shape index (κ2) is 4.08. The molecule has 0 aliphatic carbocycles. The van der Waals surface area contributed by atoms with Crippen molar-refractivity contribution in [1.29, 1.82) is 0 Å². The van der Waals surface area contributed by atoms with Gasteiger partial charge in [0.1, 0.15) is 12.1 Å². The average molecular weight is 241 g/mol. The van der Waals surface area contributed by atoms with Gasteiger partial charge in [-0.05, 0) is 23.6 Å². The minimum atomic E-state index is 0.191. The zero-order valence-corrected chi connectivity index (χ0v) is 9.48. The van der Waals surface area contributed by atoms with Gasteiger partial charge in [-0.1, -0.05) is 6.07 Å². The summed E-state index contributed by atoms with van der Waals surface area (Å²) in [6.45, 7) is 0.281. The van der Waals surface area contributed by atoms with Gasteiger partial charge in [0.05, 0.1) is 6.54 Å². The van der Waals surface area contributed by atoms with E-state index in [0.717, 1.165) is 10.8 Å². The topological polar surface area (TPSA) is 89.8 Å². The summed E-state index contributed by atoms with van der Waals surface area (Å²) >= 11 is 0. The number of aromatic nitrogens is 4. The number of pyridine rings is 1. The summed E-state index contributed by atoms with van der Waals surface area (Å²) in [5.74, 6) is 1.36. The normalized spacial score (nSPS) is 10.9. The van der Waals surface area contributed by atoms with Crippen LogP contribution in [0, 0.1) is 0 Å². The third kappa shape index (κ3) is 1.68. The van der Waals surface area contributed by atoms with E-state index in [9.17, 15) is 5.11 Å². The van der Waals surface area contributed by atoms with Crippen LogP contribution in [0.25, 0.3) is 16.6 Å². The first-order valence-electron chi connectivity index (χ1n) is 5.46. The molecule has 0 amide bonds. The Morgan fingerprint density at radius 1 is 1.22 bits per heavy atom. The lowest BCUT2D eigenvalue weighted by Gasteiger charge is -2.05. The van der Waals surface area contributed by atoms with Crippen LogP contribution in [-0.4, -0.2) is 24.9 Å². The van der Waals surface area contributed by atoms with E-state index in [1.807, 2.05) is 12.1 Å². The first-order valence-corrected chi connectivity index (χ1v) is 5.46. The molecule has 0 saturated heterocycles. The maximum absolute atomic E-state index is 9.56. The summed E-state index contributed by atoms with van der Waals surface area (Å²) in [7, 11) is 0. The molecule has 0 aliphatic heterocycles. The molecule has 0 spiro atoms. The quantitative estimate of drug-likeness (QED) is 0.698. The number of rotatable bonds is 2. The SMILES string of the molecule is NCc1ncn(-c2nccc3ccc(O)cc23)n1. The monoisotopic (exact) mass is 241 g/mol. The first-order chi connectivity index (χ1) is 8.78. The van der Waals surface area contributed by atoms with Crippen LogP contribution < -0.4 is 5.73 Å². The van der Waals surface area contributed by atoms with Gasteiger partial charge in [-0.25, -0.2) is 14.6 Å². The average Bonchev–Trinajstić information content (AvgIpc) is 2.86. The fraction of sp³-hybridized carbons (Fsp3) is 0.0833. The van der Waals surface area contributed by atoms with Crippen LogP contribution in [0.5, 0.6) is 5.75 Å². The van der Waals surface area contributed by atoms with Gasteiger partial charge in [0.25, 0.3) is 0 Å². The smallest absolute Gasteiger partial charge is 0.164 e. The molecule has 3 N–H and O–H groups in total. The number of hydrogen-bond acceptors (Lipinski definition) is 5. The molecule has 0 unspecified atom stereocenters. The number of nitrogens with zero attached hydrogens (tertiary/aromatic N) is 4. The molecule has 0 bridgehead atoms. The Bertz CT molecular complexity index is 707. The van der Waals surface area contributed by atoms with Crippen LogP contribution in [0.15, 0.2) is 36.8 Å². The van der Waals surface area contributed by atoms with Gasteiger partial charge in [-0.3, -0.25) is 0 Å². The molecule has 1 aromatic carbocycles. The summed E-state index contributed by atoms with van der Waals surface area (Å²) < 4.78 is 1.56. The van der Waals surface area contributed by atoms with Crippen LogP contribution in [0.2, 0.25) is 0 Å². The zero-order valence-electron chi connectivity index (χ0n) is 9.48. The highest BCUT2D eigenvalue weighted by atomic mass is 16.3. The van der Waals surface area contributed by atoms with E-state index in [4.69, 9.17) is 5.73 Å². The summed E-state index contributed by atoms with van der Waals surface area (Å²) in [4.78, 5) is 8.34. The minimum absolute atomic E-state index is 0.191. The van der Waals surface area contributed by atoms with Crippen molar-refractivity contribution < 1.29 is 5.11 Å². The third-order valence-corrected chi connectivity index (χ3v) is 2.67. The van der Waals surface area contributed by atoms with Gasteiger partial charge in [0.15, 0.2) is 11.6 Å². The highest BCUT2D eigenvalue weighted by Crippen LogP contribution is 2.23. The van der Waals surface area contributed by atoms with Crippen molar-refractivity contribution in [1.82, 2.24) is 19.7 Å². The molecule has 3 aromatic rings. The van der Waals surface area contributed by atoms with Gasteiger partial charge in [-0.2, -0.15) is 0 Å². The Kier molecular flexibility index (Phi) is 2.42. The third-order valence-electron chi connectivity index (χ3n) is 2.67. The Morgan fingerprint density at radius 3 is 2.89 bits per heavy atom. The molecule has 0 saturated carbocycles. The predicted octanol–water partition coefficient (Wildman–Crippen LogP) is 0.980. The zero-order chi connectivity index (χ0) is 12.5. The molecule has 2 heterocycles. The summed E-state index contributed by atoms with van der Waals surface area (Å²) in [6.07, 6.45) is 3.26. The van der Waals surface area contributed by atoms with Crippen LogP contribution in [-0.2, 0) is 6.54 Å². The van der Waals surface area contributed by atoms with Crippen LogP contribution in [0.4, 0.5) is 0 Å². The second-order valence-corrected chi connectivity index (χ2v) is 3.85. The standard InChI is InChI=1S/C12H11N5O/c13-6-11-15-7-17(16-11)12-10-5-9(18)2-1-8(10)3-4-14-12/h1-5,7,18H,6,13H2. The lowest BCUT2D eigenvalue weighted by molar-refractivity contribution is 0.476. The van der Waals surface area contributed by atoms with E-state index >= 15 is 0 Å². The fourth-order valence-corrected chi connectivity index (χ4v) is 1.82. The molecule has 2 aromatic heterocycles. The number of phenols is 1. The minimum Gasteiger partial charge on any atom is -0.508 e. The number of hydrogen-bond donors (Lipinski definition) is 2. The Hall–Kier alpha value is -2.47. The van der Waals surface area contributed by atoms with Crippen molar-refractivity contribution in [3.05, 3.63) is 42.6 Å². The fourth-order valence-electron chi connectivity index (χ4n) is 1.82. The molecule has 18 heavy (non-hydrogen) atoms. The van der Waals surface area contributed by atoms with Crippen LogP contribution in [0.1, 0.15) is 5.82 Å². The van der Waals surface area contributed by atoms with E-state index < -0.39 is 0 Å². The Balaban J connectivity index is 2.24. The lowest BCUT2D eigenvalue weighted by Crippen LogP contribution is -2.02. The van der Waals surface area contributed by atoms with E-state index in [2.05, 4.69) is 15.1 Å². The second-order valence-electron chi connectivity index (χ2n) is 3.85. The Morgan fingerprint density at radius 2 is 2.11 bits per heavy atom. The highest BCUT2D eigenvalue weighted by Gasteiger charge is 2.07. The van der Waals surface area contributed by atoms with Crippen molar-refractivity contribution in [2.24, 2.45) is 5.73 Å². The van der Waals surface area contributed by atoms with E-state index in [1.54, 1.807) is 29.3 Å². The largest absolute Gasteiger partial charge is 0.508 e. The molecule has 90 valence electrons. The maximum atomic E-state index is 9.56. The Labute approximate surface area is 103 Å². The van der Waals surface area contributed by atoms with Crippen molar-refractivity contribution in [2.75, 3.05) is 0 Å². The van der Waals surface area contributed by atoms with Crippen LogP contribution >= 0.6 is 0 Å². The van der Waals surface area contributed by atoms with E-state index in [1.165, 1.54) is 0 Å². The molecule has 0 fully saturated rings. The molecule has 3 rings (SSSR count). The van der Waals surface area contributed by atoms with Crippen molar-refractivity contribution in [3.63, 3.8) is 0 Å². The van der Waals surface area contributed by atoms with Gasteiger partial charge in [-0.15, -0.1) is 5.10 Å². The first kappa shape index (κ1) is 10.7. The molecule has 0 radical (unpaired) electrons. The van der Waals surface area contributed by atoms with Gasteiger partial charge < -0.3 is 10.8 Å². The van der Waals surface area contributed by atoms with Crippen molar-refractivity contribution in [3.8, 4) is 11.6 Å². The van der Waals surface area contributed by atoms with E-state index in [-0.39, 0.29) is 12.3 Å². The maximum Gasteiger partial charge on any atom is 0.164 e. The number of phenolic OH excluding ortho intramolecular Hbond substituents is 1. The molecule has 0 aliphatic rings. The van der Waals surface area contributed by atoms with Gasteiger partial charge in [0.2, 0.25) is 0 Å². The molecular weight excluding hydrogens is 230 g/mol. The van der Waals surface area contributed by atoms with Gasteiger partial charge >= 0.3 is 0 Å². The molecule has 6 nitrogen and oxygen atoms in total. The predicted molar refractivity (Wildman–Crippen MR) is 66.2 cm³/mol. The van der Waals surface area contributed by atoms with E-state index in [0.29, 0.717) is 11.6 Å². The lowest BCUT2D eigenvalue weighted by atomic mass is 10.1. The highest BCUT2D eigenvalue weighted by molar-refractivity contribution is 5.89. The van der Waals surface area contributed by atoms with Crippen molar-refractivity contribution in [2.45, 2.75) is 6.54 Å².